The minimum absolute atomic E-state index is 0.101. The predicted molar refractivity (Wildman–Crippen MR) is 61.1 cm³/mol. The summed E-state index contributed by atoms with van der Waals surface area (Å²) in [6.07, 6.45) is 0.450. The molecular formula is C11H22N2O3. The molecule has 5 nitrogen and oxygen atoms in total. The monoisotopic (exact) mass is 230 g/mol. The van der Waals surface area contributed by atoms with Gasteiger partial charge >= 0.3 is 6.09 Å². The molecule has 1 aliphatic rings. The van der Waals surface area contributed by atoms with Crippen LogP contribution in [0.2, 0.25) is 0 Å². The van der Waals surface area contributed by atoms with Crippen LogP contribution in [0.5, 0.6) is 0 Å². The predicted octanol–water partition coefficient (Wildman–Crippen LogP) is 0.875. The molecule has 0 aromatic carbocycles. The van der Waals surface area contributed by atoms with Crippen LogP contribution in [0.3, 0.4) is 0 Å². The number of ether oxygens (including phenoxy) is 2. The molecule has 1 heterocycles. The second-order valence-electron chi connectivity index (χ2n) is 5.17. The molecular weight excluding hydrogens is 208 g/mol. The van der Waals surface area contributed by atoms with Crippen molar-refractivity contribution in [3.8, 4) is 0 Å². The van der Waals surface area contributed by atoms with Crippen LogP contribution in [0.1, 0.15) is 27.2 Å². The van der Waals surface area contributed by atoms with E-state index in [9.17, 15) is 4.79 Å². The number of alkyl carbamates (subject to hydrolysis) is 1. The van der Waals surface area contributed by atoms with Gasteiger partial charge in [-0.3, -0.25) is 0 Å². The molecule has 5 heteroatoms. The number of hydrogen-bond donors (Lipinski definition) is 2. The van der Waals surface area contributed by atoms with E-state index in [1.807, 2.05) is 20.8 Å². The molecule has 0 saturated carbocycles. The van der Waals surface area contributed by atoms with E-state index < -0.39 is 11.7 Å². The highest BCUT2D eigenvalue weighted by molar-refractivity contribution is 5.67. The Labute approximate surface area is 96.7 Å². The number of carbonyl (C=O) groups excluding carboxylic acids is 1. The number of nitrogens with one attached hydrogen (secondary N) is 1. The zero-order valence-electron chi connectivity index (χ0n) is 10.3. The fourth-order valence-corrected chi connectivity index (χ4v) is 1.55. The third-order valence-corrected chi connectivity index (χ3v) is 2.44. The number of carbonyl (C=O) groups is 1. The lowest BCUT2D eigenvalue weighted by Crippen LogP contribution is -2.45. The van der Waals surface area contributed by atoms with Gasteiger partial charge in [0.2, 0.25) is 0 Å². The zero-order chi connectivity index (χ0) is 12.2. The molecule has 1 fully saturated rings. The van der Waals surface area contributed by atoms with E-state index >= 15 is 0 Å². The van der Waals surface area contributed by atoms with Crippen LogP contribution in [0.15, 0.2) is 0 Å². The van der Waals surface area contributed by atoms with Crippen LogP contribution in [0.4, 0.5) is 4.79 Å². The van der Waals surface area contributed by atoms with Crippen LogP contribution < -0.4 is 11.1 Å². The maximum absolute atomic E-state index is 11.4. The standard InChI is InChI=1S/C11H22N2O3/c1-11(2,3)16-10(14)13-6-8-7-15-5-4-9(8)12/h8-9H,4-7,12H2,1-3H3,(H,13,14)/t8-,9-/m0/s1. The van der Waals surface area contributed by atoms with Gasteiger partial charge in [0.15, 0.2) is 0 Å². The smallest absolute Gasteiger partial charge is 0.407 e. The molecule has 0 unspecified atom stereocenters. The topological polar surface area (TPSA) is 73.6 Å². The van der Waals surface area contributed by atoms with Crippen molar-refractivity contribution >= 4 is 6.09 Å². The number of rotatable bonds is 2. The van der Waals surface area contributed by atoms with Crippen LogP contribution in [0.25, 0.3) is 0 Å². The minimum atomic E-state index is -0.463. The Morgan fingerprint density at radius 2 is 2.25 bits per heavy atom. The lowest BCUT2D eigenvalue weighted by atomic mass is 9.97. The van der Waals surface area contributed by atoms with Crippen molar-refractivity contribution < 1.29 is 14.3 Å². The summed E-state index contributed by atoms with van der Waals surface area (Å²) in [6.45, 7) is 7.34. The molecule has 1 saturated heterocycles. The average Bonchev–Trinajstić information content (AvgIpc) is 2.14. The van der Waals surface area contributed by atoms with E-state index in [2.05, 4.69) is 5.32 Å². The summed E-state index contributed by atoms with van der Waals surface area (Å²) in [5, 5.41) is 2.72. The molecule has 0 spiro atoms. The van der Waals surface area contributed by atoms with Crippen molar-refractivity contribution in [3.63, 3.8) is 0 Å². The first kappa shape index (κ1) is 13.3. The first-order chi connectivity index (χ1) is 7.38. The summed E-state index contributed by atoms with van der Waals surface area (Å²) < 4.78 is 10.4. The summed E-state index contributed by atoms with van der Waals surface area (Å²) in [7, 11) is 0. The number of nitrogens with two attached hydrogens (primary N) is 1. The molecule has 1 rings (SSSR count). The molecule has 0 bridgehead atoms. The largest absolute Gasteiger partial charge is 0.444 e. The van der Waals surface area contributed by atoms with Crippen molar-refractivity contribution in [2.75, 3.05) is 19.8 Å². The van der Waals surface area contributed by atoms with Gasteiger partial charge in [-0.2, -0.15) is 0 Å². The van der Waals surface area contributed by atoms with Gasteiger partial charge in [-0.15, -0.1) is 0 Å². The maximum atomic E-state index is 11.4. The third kappa shape index (κ3) is 4.81. The Bertz CT molecular complexity index is 238. The van der Waals surface area contributed by atoms with Crippen molar-refractivity contribution in [2.24, 2.45) is 11.7 Å². The first-order valence-corrected chi connectivity index (χ1v) is 5.68. The molecule has 1 aliphatic heterocycles. The average molecular weight is 230 g/mol. The molecule has 94 valence electrons. The Morgan fingerprint density at radius 1 is 1.56 bits per heavy atom. The summed E-state index contributed by atoms with van der Waals surface area (Å²) >= 11 is 0. The Balaban J connectivity index is 2.25. The van der Waals surface area contributed by atoms with Gasteiger partial charge < -0.3 is 20.5 Å². The van der Waals surface area contributed by atoms with Crippen molar-refractivity contribution in [1.29, 1.82) is 0 Å². The van der Waals surface area contributed by atoms with E-state index in [1.54, 1.807) is 0 Å². The first-order valence-electron chi connectivity index (χ1n) is 5.68. The van der Waals surface area contributed by atoms with Gasteiger partial charge in [0, 0.05) is 25.1 Å². The van der Waals surface area contributed by atoms with Crippen LogP contribution in [-0.2, 0) is 9.47 Å². The van der Waals surface area contributed by atoms with E-state index in [0.29, 0.717) is 19.8 Å². The quantitative estimate of drug-likeness (QED) is 0.738. The van der Waals surface area contributed by atoms with Crippen LogP contribution in [-0.4, -0.2) is 37.5 Å². The molecule has 0 radical (unpaired) electrons. The number of hydrogen-bond acceptors (Lipinski definition) is 4. The fraction of sp³-hybridized carbons (Fsp3) is 0.909. The van der Waals surface area contributed by atoms with E-state index in [-0.39, 0.29) is 12.0 Å². The molecule has 0 aromatic heterocycles. The minimum Gasteiger partial charge on any atom is -0.444 e. The Morgan fingerprint density at radius 3 is 2.81 bits per heavy atom. The summed E-state index contributed by atoms with van der Waals surface area (Å²) in [6, 6.07) is 0.101. The normalized spacial score (nSPS) is 26.2. The highest BCUT2D eigenvalue weighted by Crippen LogP contribution is 2.12. The van der Waals surface area contributed by atoms with Gasteiger partial charge in [0.1, 0.15) is 5.60 Å². The molecule has 1 amide bonds. The van der Waals surface area contributed by atoms with E-state index in [0.717, 1.165) is 6.42 Å². The van der Waals surface area contributed by atoms with Crippen molar-refractivity contribution in [1.82, 2.24) is 5.32 Å². The summed E-state index contributed by atoms with van der Waals surface area (Å²) in [4.78, 5) is 11.4. The van der Waals surface area contributed by atoms with Gasteiger partial charge in [-0.1, -0.05) is 0 Å². The van der Waals surface area contributed by atoms with Crippen molar-refractivity contribution in [3.05, 3.63) is 0 Å². The lowest BCUT2D eigenvalue weighted by Gasteiger charge is -2.29. The highest BCUT2D eigenvalue weighted by Gasteiger charge is 2.24. The lowest BCUT2D eigenvalue weighted by molar-refractivity contribution is 0.0332. The summed E-state index contributed by atoms with van der Waals surface area (Å²) in [5.74, 6) is 0.182. The van der Waals surface area contributed by atoms with Gasteiger partial charge in [0.25, 0.3) is 0 Å². The second kappa shape index (κ2) is 5.50. The Kier molecular flexibility index (Phi) is 4.56. The van der Waals surface area contributed by atoms with Crippen LogP contribution in [0, 0.1) is 5.92 Å². The zero-order valence-corrected chi connectivity index (χ0v) is 10.3. The van der Waals surface area contributed by atoms with E-state index in [4.69, 9.17) is 15.2 Å². The van der Waals surface area contributed by atoms with Gasteiger partial charge in [-0.25, -0.2) is 4.79 Å². The SMILES string of the molecule is CC(C)(C)OC(=O)NC[C@H]1COCC[C@@H]1N. The Hall–Kier alpha value is -0.810. The maximum Gasteiger partial charge on any atom is 0.407 e. The molecule has 3 N–H and O–H groups in total. The highest BCUT2D eigenvalue weighted by atomic mass is 16.6. The third-order valence-electron chi connectivity index (χ3n) is 2.44. The van der Waals surface area contributed by atoms with Gasteiger partial charge in [-0.05, 0) is 27.2 Å². The van der Waals surface area contributed by atoms with Gasteiger partial charge in [0.05, 0.1) is 6.61 Å². The molecule has 2 atom stereocenters. The fourth-order valence-electron chi connectivity index (χ4n) is 1.55. The van der Waals surface area contributed by atoms with Crippen molar-refractivity contribution in [2.45, 2.75) is 38.8 Å². The summed E-state index contributed by atoms with van der Waals surface area (Å²) in [5.41, 5.74) is 5.46. The second-order valence-corrected chi connectivity index (χ2v) is 5.17. The van der Waals surface area contributed by atoms with Crippen LogP contribution >= 0.6 is 0 Å². The number of amides is 1. The molecule has 16 heavy (non-hydrogen) atoms. The van der Waals surface area contributed by atoms with E-state index in [1.165, 1.54) is 0 Å². The molecule has 0 aliphatic carbocycles. The molecule has 0 aromatic rings.